The third kappa shape index (κ3) is 14.7. The van der Waals surface area contributed by atoms with Crippen molar-refractivity contribution in [3.63, 3.8) is 0 Å². The second-order valence-electron chi connectivity index (χ2n) is 3.55. The van der Waals surface area contributed by atoms with Gasteiger partial charge in [0.15, 0.2) is 0 Å². The van der Waals surface area contributed by atoms with Crippen molar-refractivity contribution < 1.29 is 9.81 Å². The van der Waals surface area contributed by atoms with Crippen LogP contribution >= 0.6 is 0 Å². The molecule has 0 atom stereocenters. The molecule has 0 fully saturated rings. The molecule has 0 unspecified atom stereocenters. The second-order valence-corrected chi connectivity index (χ2v) is 3.55. The Morgan fingerprint density at radius 3 is 1.46 bits per heavy atom. The molecule has 0 rings (SSSR count). The monoisotopic (exact) mass is 192 g/mol. The molecule has 0 aromatic carbocycles. The van der Waals surface area contributed by atoms with E-state index in [1.54, 1.807) is 0 Å². The van der Waals surface area contributed by atoms with Gasteiger partial charge in [-0.15, -0.1) is 0 Å². The molecule has 0 aromatic rings. The molecule has 0 aliphatic carbocycles. The average molecular weight is 192 g/mol. The van der Waals surface area contributed by atoms with Gasteiger partial charge in [0.05, 0.1) is 0 Å². The van der Waals surface area contributed by atoms with Crippen LogP contribution in [0.15, 0.2) is 0 Å². The standard InChI is InChI=1S/C11H24O.FH/c1-2-3-4-5-6-7-8-9-10-11-12;/h12H,2-11H2,1H3;1H. The lowest BCUT2D eigenvalue weighted by Crippen LogP contribution is -1.84. The summed E-state index contributed by atoms with van der Waals surface area (Å²) in [6, 6.07) is 0. The smallest absolute Gasteiger partial charge is 0.0431 e. The second kappa shape index (κ2) is 14.4. The van der Waals surface area contributed by atoms with Crippen LogP contribution in [-0.4, -0.2) is 11.7 Å². The summed E-state index contributed by atoms with van der Waals surface area (Å²) in [5, 5.41) is 8.54. The summed E-state index contributed by atoms with van der Waals surface area (Å²) in [5.41, 5.74) is 0. The molecule has 1 nitrogen and oxygen atoms in total. The summed E-state index contributed by atoms with van der Waals surface area (Å²) in [4.78, 5) is 0. The Morgan fingerprint density at radius 2 is 1.08 bits per heavy atom. The molecule has 0 spiro atoms. The normalized spacial score (nSPS) is 9.69. The van der Waals surface area contributed by atoms with Gasteiger partial charge in [-0.05, 0) is 6.42 Å². The highest BCUT2D eigenvalue weighted by Crippen LogP contribution is 2.08. The largest absolute Gasteiger partial charge is 0.396 e. The van der Waals surface area contributed by atoms with Gasteiger partial charge in [0.1, 0.15) is 0 Å². The molecule has 0 aliphatic rings. The lowest BCUT2D eigenvalue weighted by Gasteiger charge is -1.99. The summed E-state index contributed by atoms with van der Waals surface area (Å²) in [7, 11) is 0. The maximum Gasteiger partial charge on any atom is 0.0431 e. The van der Waals surface area contributed by atoms with E-state index in [1.165, 1.54) is 51.4 Å². The highest BCUT2D eigenvalue weighted by molar-refractivity contribution is 4.45. The number of unbranched alkanes of at least 4 members (excludes halogenated alkanes) is 8. The van der Waals surface area contributed by atoms with E-state index in [4.69, 9.17) is 5.11 Å². The van der Waals surface area contributed by atoms with E-state index in [1.807, 2.05) is 0 Å². The van der Waals surface area contributed by atoms with Crippen molar-refractivity contribution in [3.8, 4) is 0 Å². The molecule has 1 N–H and O–H groups in total. The topological polar surface area (TPSA) is 20.2 Å². The fourth-order valence-corrected chi connectivity index (χ4v) is 1.42. The molecule has 0 aliphatic heterocycles. The fourth-order valence-electron chi connectivity index (χ4n) is 1.42. The van der Waals surface area contributed by atoms with Gasteiger partial charge >= 0.3 is 0 Å². The number of aliphatic hydroxyl groups is 1. The predicted octanol–water partition coefficient (Wildman–Crippen LogP) is 3.66. The first-order chi connectivity index (χ1) is 5.91. The van der Waals surface area contributed by atoms with Gasteiger partial charge in [-0.2, -0.15) is 0 Å². The molecule has 2 heteroatoms. The van der Waals surface area contributed by atoms with Crippen LogP contribution in [0.25, 0.3) is 0 Å². The third-order valence-corrected chi connectivity index (χ3v) is 2.26. The third-order valence-electron chi connectivity index (χ3n) is 2.26. The fraction of sp³-hybridized carbons (Fsp3) is 1.00. The minimum atomic E-state index is 0. The Hall–Kier alpha value is -0.110. The van der Waals surface area contributed by atoms with Crippen LogP contribution in [0.1, 0.15) is 64.7 Å². The predicted molar refractivity (Wildman–Crippen MR) is 56.8 cm³/mol. The van der Waals surface area contributed by atoms with Crippen molar-refractivity contribution >= 4 is 0 Å². The zero-order valence-corrected chi connectivity index (χ0v) is 8.93. The van der Waals surface area contributed by atoms with Gasteiger partial charge in [0.25, 0.3) is 0 Å². The van der Waals surface area contributed by atoms with Crippen molar-refractivity contribution in [1.29, 1.82) is 0 Å². The van der Waals surface area contributed by atoms with E-state index in [2.05, 4.69) is 6.92 Å². The van der Waals surface area contributed by atoms with Crippen LogP contribution in [-0.2, 0) is 0 Å². The SMILES string of the molecule is CCCCCCCCCCCO.F. The zero-order chi connectivity index (χ0) is 9.07. The van der Waals surface area contributed by atoms with E-state index in [9.17, 15) is 0 Å². The van der Waals surface area contributed by atoms with Gasteiger partial charge in [-0.25, -0.2) is 0 Å². The first-order valence-corrected chi connectivity index (χ1v) is 5.52. The highest BCUT2D eigenvalue weighted by Gasteiger charge is 1.90. The Morgan fingerprint density at radius 1 is 0.692 bits per heavy atom. The van der Waals surface area contributed by atoms with Crippen molar-refractivity contribution in [3.05, 3.63) is 0 Å². The Bertz CT molecular complexity index is 66.5. The van der Waals surface area contributed by atoms with Crippen LogP contribution in [0, 0.1) is 0 Å². The molecule has 0 bridgehead atoms. The van der Waals surface area contributed by atoms with Crippen LogP contribution in [0.5, 0.6) is 0 Å². The molecule has 13 heavy (non-hydrogen) atoms. The van der Waals surface area contributed by atoms with Gasteiger partial charge in [0, 0.05) is 6.61 Å². The van der Waals surface area contributed by atoms with E-state index in [-0.39, 0.29) is 4.70 Å². The lowest BCUT2D eigenvalue weighted by atomic mass is 10.1. The van der Waals surface area contributed by atoms with Gasteiger partial charge in [0.2, 0.25) is 0 Å². The molecule has 0 radical (unpaired) electrons. The van der Waals surface area contributed by atoms with E-state index in [0.717, 1.165) is 6.42 Å². The quantitative estimate of drug-likeness (QED) is 0.553. The number of rotatable bonds is 9. The maximum absolute atomic E-state index is 8.54. The summed E-state index contributed by atoms with van der Waals surface area (Å²) >= 11 is 0. The van der Waals surface area contributed by atoms with Crippen LogP contribution in [0.4, 0.5) is 4.70 Å². The number of hydrogen-bond donors (Lipinski definition) is 1. The molecule has 0 heterocycles. The minimum Gasteiger partial charge on any atom is -0.396 e. The molecule has 0 saturated heterocycles. The first kappa shape index (κ1) is 15.4. The van der Waals surface area contributed by atoms with Gasteiger partial charge in [-0.3, -0.25) is 4.70 Å². The number of halogens is 1. The first-order valence-electron chi connectivity index (χ1n) is 5.52. The van der Waals surface area contributed by atoms with Crippen molar-refractivity contribution in [2.45, 2.75) is 64.7 Å². The molecule has 82 valence electrons. The number of hydrogen-bond acceptors (Lipinski definition) is 1. The maximum atomic E-state index is 8.54. The summed E-state index contributed by atoms with van der Waals surface area (Å²) in [6.45, 7) is 2.62. The minimum absolute atomic E-state index is 0. The van der Waals surface area contributed by atoms with Gasteiger partial charge in [-0.1, -0.05) is 58.3 Å². The van der Waals surface area contributed by atoms with E-state index < -0.39 is 0 Å². The molecule has 0 aromatic heterocycles. The number of aliphatic hydroxyl groups excluding tert-OH is 1. The van der Waals surface area contributed by atoms with Gasteiger partial charge < -0.3 is 5.11 Å². The summed E-state index contributed by atoms with van der Waals surface area (Å²) < 4.78 is 0. The van der Waals surface area contributed by atoms with Crippen LogP contribution < -0.4 is 0 Å². The lowest BCUT2D eigenvalue weighted by molar-refractivity contribution is 0.282. The summed E-state index contributed by atoms with van der Waals surface area (Å²) in [5.74, 6) is 0. The Balaban J connectivity index is 0. The zero-order valence-electron chi connectivity index (χ0n) is 8.93. The van der Waals surface area contributed by atoms with Crippen LogP contribution in [0.3, 0.4) is 0 Å². The van der Waals surface area contributed by atoms with Crippen molar-refractivity contribution in [2.75, 3.05) is 6.61 Å². The molecule has 0 saturated carbocycles. The van der Waals surface area contributed by atoms with E-state index >= 15 is 0 Å². The van der Waals surface area contributed by atoms with E-state index in [0.29, 0.717) is 6.61 Å². The average Bonchev–Trinajstić information content (AvgIpc) is 2.10. The molecular formula is C11H25FO. The Labute approximate surface area is 81.9 Å². The Kier molecular flexibility index (Phi) is 17.0. The molecule has 0 amide bonds. The van der Waals surface area contributed by atoms with Crippen molar-refractivity contribution in [1.82, 2.24) is 0 Å². The van der Waals surface area contributed by atoms with Crippen LogP contribution in [0.2, 0.25) is 0 Å². The highest BCUT2D eigenvalue weighted by atomic mass is 19.0. The summed E-state index contributed by atoms with van der Waals surface area (Å²) in [6.07, 6.45) is 11.8. The van der Waals surface area contributed by atoms with Crippen molar-refractivity contribution in [2.24, 2.45) is 0 Å². The molecular weight excluding hydrogens is 167 g/mol.